The summed E-state index contributed by atoms with van der Waals surface area (Å²) in [5.74, 6) is 0.956. The van der Waals surface area contributed by atoms with Gasteiger partial charge in [-0.05, 0) is 76.6 Å². The zero-order chi connectivity index (χ0) is 28.6. The zero-order valence-electron chi connectivity index (χ0n) is 25.6. The van der Waals surface area contributed by atoms with Gasteiger partial charge in [-0.1, -0.05) is 44.5 Å². The summed E-state index contributed by atoms with van der Waals surface area (Å²) in [6.45, 7) is 11.8. The fraction of sp³-hybridized carbons (Fsp3) is 0.625. The molecular weight excluding hydrogens is 498 g/mol. The van der Waals surface area contributed by atoms with Crippen LogP contribution >= 0.6 is 0 Å². The molecule has 2 aromatic rings. The zero-order valence-corrected chi connectivity index (χ0v) is 25.6. The Morgan fingerprint density at radius 1 is 0.925 bits per heavy atom. The van der Waals surface area contributed by atoms with E-state index in [4.69, 9.17) is 16.2 Å². The molecular formula is C32H53N7O. The van der Waals surface area contributed by atoms with Crippen molar-refractivity contribution in [3.63, 3.8) is 0 Å². The minimum absolute atomic E-state index is 0.184. The smallest absolute Gasteiger partial charge is 0.136 e. The molecule has 0 radical (unpaired) electrons. The number of likely N-dealkylation sites (tertiary alicyclic amines) is 1. The highest BCUT2D eigenvalue weighted by molar-refractivity contribution is 5.59. The highest BCUT2D eigenvalue weighted by Crippen LogP contribution is 2.38. The van der Waals surface area contributed by atoms with Gasteiger partial charge in [-0.3, -0.25) is 10.6 Å². The summed E-state index contributed by atoms with van der Waals surface area (Å²) < 4.78 is 5.74. The number of anilines is 2. The van der Waals surface area contributed by atoms with E-state index in [9.17, 15) is 0 Å². The molecule has 2 aliphatic rings. The molecule has 0 aliphatic carbocycles. The summed E-state index contributed by atoms with van der Waals surface area (Å²) >= 11 is 0. The third kappa shape index (κ3) is 6.92. The van der Waals surface area contributed by atoms with Crippen molar-refractivity contribution in [2.75, 3.05) is 70.3 Å². The van der Waals surface area contributed by atoms with Crippen molar-refractivity contribution in [3.05, 3.63) is 53.6 Å². The van der Waals surface area contributed by atoms with Crippen molar-refractivity contribution in [2.45, 2.75) is 71.0 Å². The minimum atomic E-state index is -0.209. The molecule has 0 bridgehead atoms. The molecule has 0 spiro atoms. The number of methoxy groups -OCH3 is 1. The number of fused-ring (bicyclic) bond motifs is 1. The summed E-state index contributed by atoms with van der Waals surface area (Å²) in [7, 11) is 5.95. The van der Waals surface area contributed by atoms with E-state index in [1.165, 1.54) is 41.9 Å². The largest absolute Gasteiger partial charge is 0.496 e. The number of benzene rings is 2. The first-order valence-electron chi connectivity index (χ1n) is 15.3. The van der Waals surface area contributed by atoms with E-state index in [2.05, 4.69) is 94.9 Å². The topological polar surface area (TPSA) is 77.5 Å². The van der Waals surface area contributed by atoms with Gasteiger partial charge in [0.15, 0.2) is 0 Å². The number of para-hydroxylation sites is 1. The maximum atomic E-state index is 7.04. The van der Waals surface area contributed by atoms with Gasteiger partial charge in [0.25, 0.3) is 0 Å². The van der Waals surface area contributed by atoms with E-state index in [-0.39, 0.29) is 12.5 Å². The molecule has 2 heterocycles. The van der Waals surface area contributed by atoms with Gasteiger partial charge in [-0.25, -0.2) is 4.90 Å². The Morgan fingerprint density at radius 2 is 1.65 bits per heavy atom. The first kappa shape index (κ1) is 30.6. The molecule has 2 unspecified atom stereocenters. The molecule has 0 amide bonds. The van der Waals surface area contributed by atoms with Crippen LogP contribution in [0.5, 0.6) is 5.75 Å². The lowest BCUT2D eigenvalue weighted by atomic mass is 9.97. The Balaban J connectivity index is 1.41. The van der Waals surface area contributed by atoms with E-state index in [0.29, 0.717) is 6.04 Å². The van der Waals surface area contributed by atoms with Crippen LogP contribution in [-0.4, -0.2) is 87.5 Å². The molecule has 2 aromatic carbocycles. The van der Waals surface area contributed by atoms with E-state index in [0.717, 1.165) is 64.3 Å². The van der Waals surface area contributed by atoms with Crippen LogP contribution in [0.15, 0.2) is 42.5 Å². The minimum Gasteiger partial charge on any atom is -0.496 e. The molecule has 4 rings (SSSR count). The van der Waals surface area contributed by atoms with E-state index in [1.807, 2.05) is 0 Å². The Bertz CT molecular complexity index is 1050. The van der Waals surface area contributed by atoms with Gasteiger partial charge in [0.05, 0.1) is 13.3 Å². The Labute approximate surface area is 242 Å². The predicted molar refractivity (Wildman–Crippen MR) is 168 cm³/mol. The number of nitrogens with two attached hydrogens (primary N) is 2. The number of ether oxygens (including phenoxy) is 1. The predicted octanol–water partition coefficient (Wildman–Crippen LogP) is 4.26. The lowest BCUT2D eigenvalue weighted by molar-refractivity contribution is 0.0284. The number of hydrogen-bond acceptors (Lipinski definition) is 8. The van der Waals surface area contributed by atoms with Gasteiger partial charge in [0.1, 0.15) is 12.0 Å². The second-order valence-corrected chi connectivity index (χ2v) is 11.5. The van der Waals surface area contributed by atoms with Crippen molar-refractivity contribution < 1.29 is 4.74 Å². The lowest BCUT2D eigenvalue weighted by Gasteiger charge is -2.51. The molecule has 8 heteroatoms. The fourth-order valence-corrected chi connectivity index (χ4v) is 6.58. The van der Waals surface area contributed by atoms with E-state index >= 15 is 0 Å². The highest BCUT2D eigenvalue weighted by Gasteiger charge is 2.40. The number of rotatable bonds is 13. The summed E-state index contributed by atoms with van der Waals surface area (Å²) in [5.41, 5.74) is 18.8. The molecule has 2 aliphatic heterocycles. The maximum absolute atomic E-state index is 7.04. The van der Waals surface area contributed by atoms with E-state index in [1.54, 1.807) is 7.11 Å². The van der Waals surface area contributed by atoms with Crippen LogP contribution in [-0.2, 0) is 6.54 Å². The van der Waals surface area contributed by atoms with Gasteiger partial charge in [0, 0.05) is 55.7 Å². The Hall–Kier alpha value is -2.36. The summed E-state index contributed by atoms with van der Waals surface area (Å²) in [6, 6.07) is 15.3. The summed E-state index contributed by atoms with van der Waals surface area (Å²) in [4.78, 5) is 12.0. The van der Waals surface area contributed by atoms with Crippen molar-refractivity contribution >= 4 is 11.4 Å². The van der Waals surface area contributed by atoms with Crippen LogP contribution in [0.2, 0.25) is 0 Å². The van der Waals surface area contributed by atoms with Crippen LogP contribution in [0.1, 0.15) is 63.2 Å². The maximum Gasteiger partial charge on any atom is 0.136 e. The van der Waals surface area contributed by atoms with Gasteiger partial charge >= 0.3 is 0 Å². The summed E-state index contributed by atoms with van der Waals surface area (Å²) in [5, 5.41) is 0. The molecule has 0 aromatic heterocycles. The van der Waals surface area contributed by atoms with Gasteiger partial charge < -0.3 is 25.2 Å². The normalized spacial score (nSPS) is 20.6. The molecule has 1 fully saturated rings. The molecule has 222 valence electrons. The van der Waals surface area contributed by atoms with Crippen molar-refractivity contribution in [3.8, 4) is 5.75 Å². The Kier molecular flexibility index (Phi) is 11.1. The molecule has 8 nitrogen and oxygen atoms in total. The van der Waals surface area contributed by atoms with Gasteiger partial charge in [0.2, 0.25) is 0 Å². The average molecular weight is 552 g/mol. The molecule has 2 atom stereocenters. The van der Waals surface area contributed by atoms with Crippen LogP contribution in [0.4, 0.5) is 11.4 Å². The highest BCUT2D eigenvalue weighted by atomic mass is 16.5. The first-order valence-corrected chi connectivity index (χ1v) is 15.3. The van der Waals surface area contributed by atoms with Crippen molar-refractivity contribution in [1.29, 1.82) is 0 Å². The number of unbranched alkanes of at least 4 members (excludes halogenated alkanes) is 2. The average Bonchev–Trinajstić information content (AvgIpc) is 2.97. The van der Waals surface area contributed by atoms with Crippen molar-refractivity contribution in [2.24, 2.45) is 11.5 Å². The Morgan fingerprint density at radius 3 is 2.33 bits per heavy atom. The van der Waals surface area contributed by atoms with E-state index < -0.39 is 0 Å². The number of nitrogens with zero attached hydrogens (tertiary/aromatic N) is 5. The monoisotopic (exact) mass is 551 g/mol. The number of hydrogen-bond donors (Lipinski definition) is 2. The van der Waals surface area contributed by atoms with Crippen LogP contribution in [0.25, 0.3) is 0 Å². The van der Waals surface area contributed by atoms with Crippen LogP contribution in [0, 0.1) is 0 Å². The standard InChI is InChI=1S/C32H53N7O/c1-6-36(7-2)20-11-8-12-21-38-29-15-10-9-14-26(29)31(33)39(32(38)34)25-18-22-37(23-19-25)24-27-28(35(3)4)16-13-17-30(27)40-5/h9-10,13-17,25,31-32H,6-8,11-12,18-24,33-34H2,1-5H3. The second-order valence-electron chi connectivity index (χ2n) is 11.5. The molecule has 4 N–H and O–H groups in total. The second kappa shape index (κ2) is 14.5. The van der Waals surface area contributed by atoms with Crippen molar-refractivity contribution in [1.82, 2.24) is 14.7 Å². The lowest BCUT2D eigenvalue weighted by Crippen LogP contribution is -2.64. The quantitative estimate of drug-likeness (QED) is 0.358. The first-order chi connectivity index (χ1) is 19.4. The summed E-state index contributed by atoms with van der Waals surface area (Å²) in [6.07, 6.45) is 5.29. The van der Waals surface area contributed by atoms with Crippen LogP contribution in [0.3, 0.4) is 0 Å². The molecule has 40 heavy (non-hydrogen) atoms. The third-order valence-corrected chi connectivity index (χ3v) is 8.95. The van der Waals surface area contributed by atoms with Gasteiger partial charge in [-0.15, -0.1) is 0 Å². The third-order valence-electron chi connectivity index (χ3n) is 8.95. The number of piperidine rings is 1. The molecule has 1 saturated heterocycles. The SMILES string of the molecule is CCN(CC)CCCCCN1c2ccccc2C(N)N(C2CCN(Cc3c(OC)cccc3N(C)C)CC2)C1N. The fourth-order valence-electron chi connectivity index (χ4n) is 6.58. The van der Waals surface area contributed by atoms with Crippen LogP contribution < -0.4 is 26.0 Å². The van der Waals surface area contributed by atoms with Gasteiger partial charge in [-0.2, -0.15) is 0 Å². The molecule has 0 saturated carbocycles.